The number of carbonyl (C=O) groups excluding carboxylic acids is 2. The number of aromatic nitrogens is 3. The van der Waals surface area contributed by atoms with Crippen LogP contribution in [0.5, 0.6) is 0 Å². The molecule has 0 radical (unpaired) electrons. The average Bonchev–Trinajstić information content (AvgIpc) is 3.21. The lowest BCUT2D eigenvalue weighted by atomic mass is 10.1. The quantitative estimate of drug-likeness (QED) is 0.460. The van der Waals surface area contributed by atoms with Gasteiger partial charge in [0.05, 0.1) is 11.8 Å². The molecule has 8 heteroatoms. The third kappa shape index (κ3) is 6.20. The van der Waals surface area contributed by atoms with Crippen molar-refractivity contribution in [2.24, 2.45) is 0 Å². The summed E-state index contributed by atoms with van der Waals surface area (Å²) in [6.45, 7) is 7.03. The van der Waals surface area contributed by atoms with Gasteiger partial charge in [0.1, 0.15) is 0 Å². The molecule has 0 spiro atoms. The third-order valence-electron chi connectivity index (χ3n) is 5.10. The molecule has 0 fully saturated rings. The third-order valence-corrected chi connectivity index (χ3v) is 6.06. The molecule has 1 aromatic heterocycles. The summed E-state index contributed by atoms with van der Waals surface area (Å²) >= 11 is 1.35. The van der Waals surface area contributed by atoms with E-state index < -0.39 is 0 Å². The molecule has 0 saturated heterocycles. The van der Waals surface area contributed by atoms with Crippen molar-refractivity contribution in [2.45, 2.75) is 44.9 Å². The summed E-state index contributed by atoms with van der Waals surface area (Å²) in [5, 5.41) is 15.1. The van der Waals surface area contributed by atoms with E-state index in [9.17, 15) is 9.59 Å². The van der Waals surface area contributed by atoms with Crippen LogP contribution in [0, 0.1) is 6.92 Å². The fourth-order valence-corrected chi connectivity index (χ4v) is 4.20. The molecule has 3 rings (SSSR count). The molecule has 168 valence electrons. The molecule has 2 aromatic carbocycles. The fraction of sp³-hybridized carbons (Fsp3) is 0.333. The van der Waals surface area contributed by atoms with E-state index in [1.807, 2.05) is 73.9 Å². The zero-order chi connectivity index (χ0) is 22.9. The second kappa shape index (κ2) is 11.5. The highest BCUT2D eigenvalue weighted by Crippen LogP contribution is 2.21. The van der Waals surface area contributed by atoms with Gasteiger partial charge in [-0.05, 0) is 44.4 Å². The minimum Gasteiger partial charge on any atom is -0.355 e. The van der Waals surface area contributed by atoms with E-state index in [1.165, 1.54) is 17.3 Å². The van der Waals surface area contributed by atoms with Gasteiger partial charge in [-0.3, -0.25) is 9.59 Å². The SMILES string of the molecule is CCn1c(SCC(=O)NCCc2ccccc2)nnc1[C@@H](C)NC(=O)c1ccccc1C. The van der Waals surface area contributed by atoms with Gasteiger partial charge >= 0.3 is 0 Å². The summed E-state index contributed by atoms with van der Waals surface area (Å²) in [7, 11) is 0. The number of hydrogen-bond acceptors (Lipinski definition) is 5. The maximum absolute atomic E-state index is 12.6. The molecule has 0 aliphatic heterocycles. The van der Waals surface area contributed by atoms with Gasteiger partial charge in [0.15, 0.2) is 11.0 Å². The van der Waals surface area contributed by atoms with Crippen LogP contribution in [-0.2, 0) is 17.8 Å². The predicted octanol–water partition coefficient (Wildman–Crippen LogP) is 3.55. The fourth-order valence-electron chi connectivity index (χ4n) is 3.36. The van der Waals surface area contributed by atoms with Crippen LogP contribution < -0.4 is 10.6 Å². The smallest absolute Gasteiger partial charge is 0.252 e. The Morgan fingerprint density at radius 3 is 2.50 bits per heavy atom. The lowest BCUT2D eigenvalue weighted by molar-refractivity contribution is -0.118. The first kappa shape index (κ1) is 23.5. The Morgan fingerprint density at radius 1 is 1.06 bits per heavy atom. The molecule has 1 heterocycles. The number of carbonyl (C=O) groups is 2. The lowest BCUT2D eigenvalue weighted by Crippen LogP contribution is -2.29. The van der Waals surface area contributed by atoms with Crippen LogP contribution in [0.4, 0.5) is 0 Å². The molecule has 0 saturated carbocycles. The molecule has 3 aromatic rings. The van der Waals surface area contributed by atoms with Gasteiger partial charge in [-0.1, -0.05) is 60.3 Å². The number of hydrogen-bond donors (Lipinski definition) is 2. The van der Waals surface area contributed by atoms with E-state index in [1.54, 1.807) is 6.07 Å². The van der Waals surface area contributed by atoms with Crippen LogP contribution in [0.25, 0.3) is 0 Å². The van der Waals surface area contributed by atoms with Gasteiger partial charge in [0, 0.05) is 18.7 Å². The summed E-state index contributed by atoms with van der Waals surface area (Å²) in [5.41, 5.74) is 2.75. The first-order valence-electron chi connectivity index (χ1n) is 10.7. The minimum absolute atomic E-state index is 0.0426. The molecule has 2 N–H and O–H groups in total. The molecule has 1 atom stereocenters. The van der Waals surface area contributed by atoms with Crippen molar-refractivity contribution >= 4 is 23.6 Å². The highest BCUT2D eigenvalue weighted by molar-refractivity contribution is 7.99. The van der Waals surface area contributed by atoms with Crippen molar-refractivity contribution in [1.82, 2.24) is 25.4 Å². The molecule has 2 amide bonds. The Balaban J connectivity index is 1.54. The molecule has 7 nitrogen and oxygen atoms in total. The van der Waals surface area contributed by atoms with Gasteiger partial charge in [-0.25, -0.2) is 0 Å². The average molecular weight is 452 g/mol. The predicted molar refractivity (Wildman–Crippen MR) is 127 cm³/mol. The first-order chi connectivity index (χ1) is 15.5. The van der Waals surface area contributed by atoms with Crippen LogP contribution in [-0.4, -0.2) is 38.9 Å². The second-order valence-electron chi connectivity index (χ2n) is 7.47. The number of nitrogens with one attached hydrogen (secondary N) is 2. The number of amides is 2. The van der Waals surface area contributed by atoms with Crippen LogP contribution in [0.2, 0.25) is 0 Å². The lowest BCUT2D eigenvalue weighted by Gasteiger charge is -2.16. The van der Waals surface area contributed by atoms with Gasteiger partial charge in [-0.2, -0.15) is 0 Å². The summed E-state index contributed by atoms with van der Waals surface area (Å²) < 4.78 is 1.94. The van der Waals surface area contributed by atoms with Gasteiger partial charge in [0.25, 0.3) is 5.91 Å². The molecule has 0 aliphatic rings. The van der Waals surface area contributed by atoms with Crippen molar-refractivity contribution in [1.29, 1.82) is 0 Å². The number of benzene rings is 2. The van der Waals surface area contributed by atoms with Crippen molar-refractivity contribution in [3.63, 3.8) is 0 Å². The van der Waals surface area contributed by atoms with E-state index in [-0.39, 0.29) is 23.6 Å². The van der Waals surface area contributed by atoms with Crippen LogP contribution in [0.3, 0.4) is 0 Å². The molecule has 0 aliphatic carbocycles. The van der Waals surface area contributed by atoms with Crippen molar-refractivity contribution in [3.8, 4) is 0 Å². The monoisotopic (exact) mass is 451 g/mol. The van der Waals surface area contributed by atoms with Crippen LogP contribution in [0.15, 0.2) is 59.8 Å². The topological polar surface area (TPSA) is 88.9 Å². The van der Waals surface area contributed by atoms with Gasteiger partial charge in [-0.15, -0.1) is 10.2 Å². The minimum atomic E-state index is -0.316. The van der Waals surface area contributed by atoms with Gasteiger partial charge < -0.3 is 15.2 Å². The zero-order valence-corrected chi connectivity index (χ0v) is 19.5. The Bertz CT molecular complexity index is 1050. The summed E-state index contributed by atoms with van der Waals surface area (Å²) in [6, 6.07) is 17.2. The number of aryl methyl sites for hydroxylation is 1. The standard InChI is InChI=1S/C24H29N5O2S/c1-4-29-22(18(3)26-23(31)20-13-9-8-10-17(20)2)27-28-24(29)32-16-21(30)25-15-14-19-11-6-5-7-12-19/h5-13,18H,4,14-16H2,1-3H3,(H,25,30)(H,26,31)/t18-/m1/s1. The van der Waals surface area contributed by atoms with Crippen molar-refractivity contribution in [2.75, 3.05) is 12.3 Å². The van der Waals surface area contributed by atoms with Gasteiger partial charge in [0.2, 0.25) is 5.91 Å². The molecule has 0 bridgehead atoms. The Morgan fingerprint density at radius 2 is 1.78 bits per heavy atom. The van der Waals surface area contributed by atoms with E-state index in [0.717, 1.165) is 12.0 Å². The van der Waals surface area contributed by atoms with E-state index in [4.69, 9.17) is 0 Å². The Kier molecular flexibility index (Phi) is 8.44. The Labute approximate surface area is 193 Å². The largest absolute Gasteiger partial charge is 0.355 e. The maximum atomic E-state index is 12.6. The van der Waals surface area contributed by atoms with E-state index in [2.05, 4.69) is 20.8 Å². The van der Waals surface area contributed by atoms with Crippen LogP contribution in [0.1, 0.15) is 47.2 Å². The normalized spacial score (nSPS) is 11.7. The molecular weight excluding hydrogens is 422 g/mol. The zero-order valence-electron chi connectivity index (χ0n) is 18.7. The van der Waals surface area contributed by atoms with Crippen molar-refractivity contribution in [3.05, 3.63) is 77.1 Å². The van der Waals surface area contributed by atoms with Crippen LogP contribution >= 0.6 is 11.8 Å². The number of thioether (sulfide) groups is 1. The highest BCUT2D eigenvalue weighted by atomic mass is 32.2. The molecule has 32 heavy (non-hydrogen) atoms. The first-order valence-corrected chi connectivity index (χ1v) is 11.7. The Hall–Kier alpha value is -3.13. The summed E-state index contributed by atoms with van der Waals surface area (Å²) in [4.78, 5) is 24.9. The van der Waals surface area contributed by atoms with Crippen molar-refractivity contribution < 1.29 is 9.59 Å². The summed E-state index contributed by atoms with van der Waals surface area (Å²) in [5.74, 6) is 0.741. The second-order valence-corrected chi connectivity index (χ2v) is 8.41. The molecular formula is C24H29N5O2S. The highest BCUT2D eigenvalue weighted by Gasteiger charge is 2.20. The number of rotatable bonds is 10. The number of nitrogens with zero attached hydrogens (tertiary/aromatic N) is 3. The molecule has 0 unspecified atom stereocenters. The van der Waals surface area contributed by atoms with E-state index >= 15 is 0 Å². The maximum Gasteiger partial charge on any atom is 0.252 e. The van der Waals surface area contributed by atoms with E-state index in [0.29, 0.717) is 29.6 Å². The summed E-state index contributed by atoms with van der Waals surface area (Å²) in [6.07, 6.45) is 0.796.